The van der Waals surface area contributed by atoms with Gasteiger partial charge in [0, 0.05) is 12.1 Å². The van der Waals surface area contributed by atoms with Gasteiger partial charge in [0.15, 0.2) is 0 Å². The number of nitriles is 1. The van der Waals surface area contributed by atoms with Crippen LogP contribution in [0.3, 0.4) is 0 Å². The van der Waals surface area contributed by atoms with Crippen molar-refractivity contribution in [3.8, 4) is 6.07 Å². The fourth-order valence-electron chi connectivity index (χ4n) is 4.09. The van der Waals surface area contributed by atoms with Crippen molar-refractivity contribution >= 4 is 31.6 Å². The van der Waals surface area contributed by atoms with Crippen LogP contribution in [-0.2, 0) is 11.3 Å². The molecule has 2 atom stereocenters. The van der Waals surface area contributed by atoms with E-state index in [9.17, 15) is 10.1 Å². The molecule has 2 unspecified atom stereocenters. The summed E-state index contributed by atoms with van der Waals surface area (Å²) in [6, 6.07) is 30.4. The minimum Gasteiger partial charge on any atom is -0.348 e. The van der Waals surface area contributed by atoms with Crippen LogP contribution in [0.25, 0.3) is 11.1 Å². The smallest absolute Gasteiger partial charge is 0.252 e. The molecule has 0 aliphatic carbocycles. The maximum atomic E-state index is 13.8. The van der Waals surface area contributed by atoms with Gasteiger partial charge in [-0.15, -0.1) is 9.24 Å². The number of carbonyl (C=O) groups is 1. The van der Waals surface area contributed by atoms with Crippen molar-refractivity contribution in [1.29, 1.82) is 5.26 Å². The maximum absolute atomic E-state index is 13.8. The molecule has 0 radical (unpaired) electrons. The molecular formula is C30H31N2OP. The molecule has 1 amide bonds. The van der Waals surface area contributed by atoms with E-state index in [1.165, 1.54) is 0 Å². The molecule has 0 aliphatic heterocycles. The zero-order chi connectivity index (χ0) is 24.5. The molecule has 0 saturated heterocycles. The van der Waals surface area contributed by atoms with Gasteiger partial charge in [-0.05, 0) is 59.0 Å². The van der Waals surface area contributed by atoms with Gasteiger partial charge >= 0.3 is 0 Å². The van der Waals surface area contributed by atoms with Crippen LogP contribution in [0, 0.1) is 17.2 Å². The number of allylic oxidation sites excluding steroid dienone is 2. The van der Waals surface area contributed by atoms with E-state index in [0.717, 1.165) is 38.7 Å². The zero-order valence-electron chi connectivity index (χ0n) is 20.0. The van der Waals surface area contributed by atoms with E-state index in [-0.39, 0.29) is 11.8 Å². The highest BCUT2D eigenvalue weighted by Gasteiger charge is 2.25. The second-order valence-electron chi connectivity index (χ2n) is 8.26. The maximum Gasteiger partial charge on any atom is 0.252 e. The molecule has 0 aliphatic rings. The Morgan fingerprint density at radius 1 is 0.941 bits per heavy atom. The molecule has 0 saturated carbocycles. The van der Waals surface area contributed by atoms with E-state index in [0.29, 0.717) is 18.5 Å². The third-order valence-electron chi connectivity index (χ3n) is 5.97. The number of hydrogen-bond donors (Lipinski definition) is 1. The van der Waals surface area contributed by atoms with Crippen molar-refractivity contribution in [2.45, 2.75) is 33.7 Å². The van der Waals surface area contributed by atoms with Crippen molar-refractivity contribution in [2.24, 2.45) is 5.92 Å². The summed E-state index contributed by atoms with van der Waals surface area (Å²) in [5.74, 6) is -0.549. The first-order chi connectivity index (χ1) is 16.5. The lowest BCUT2D eigenvalue weighted by Gasteiger charge is -2.22. The van der Waals surface area contributed by atoms with Gasteiger partial charge in [-0.2, -0.15) is 5.26 Å². The topological polar surface area (TPSA) is 52.9 Å². The second kappa shape index (κ2) is 12.1. The number of nitrogens with one attached hydrogen (secondary N) is 1. The molecule has 3 rings (SSSR count). The van der Waals surface area contributed by atoms with Crippen LogP contribution in [0.5, 0.6) is 0 Å². The first-order valence-corrected chi connectivity index (χ1v) is 12.1. The average molecular weight is 467 g/mol. The Kier molecular flexibility index (Phi) is 8.97. The van der Waals surface area contributed by atoms with E-state index in [4.69, 9.17) is 0 Å². The molecule has 1 N–H and O–H groups in total. The van der Waals surface area contributed by atoms with Crippen molar-refractivity contribution in [2.75, 3.05) is 0 Å². The molecule has 4 heteroatoms. The summed E-state index contributed by atoms with van der Waals surface area (Å²) < 4.78 is 0. The van der Waals surface area contributed by atoms with Crippen molar-refractivity contribution in [3.63, 3.8) is 0 Å². The Morgan fingerprint density at radius 2 is 1.53 bits per heavy atom. The average Bonchev–Trinajstić information content (AvgIpc) is 2.88. The molecule has 3 nitrogen and oxygen atoms in total. The Bertz CT molecular complexity index is 1220. The quantitative estimate of drug-likeness (QED) is 0.183. The van der Waals surface area contributed by atoms with Crippen molar-refractivity contribution < 1.29 is 4.79 Å². The van der Waals surface area contributed by atoms with Gasteiger partial charge in [-0.25, -0.2) is 0 Å². The molecular weight excluding hydrogens is 435 g/mol. The standard InChI is InChI=1S/C30H31N2OP/c1-4-27(21(2)19-31)29(30(33)32-20-23-11-7-5-8-12-23)28(25-13-9-6-10-14-25)22(3)24-15-17-26(34)18-16-24/h5-18,21H,4,20,34H2,1-3H3,(H,32,33)/b28-22+,29-27-. The highest BCUT2D eigenvalue weighted by molar-refractivity contribution is 7.27. The first kappa shape index (κ1) is 25.2. The van der Waals surface area contributed by atoms with Gasteiger partial charge in [0.05, 0.1) is 12.0 Å². The second-order valence-corrected chi connectivity index (χ2v) is 8.93. The van der Waals surface area contributed by atoms with Gasteiger partial charge in [-0.1, -0.05) is 91.9 Å². The van der Waals surface area contributed by atoms with Crippen LogP contribution in [-0.4, -0.2) is 5.91 Å². The zero-order valence-corrected chi connectivity index (χ0v) is 21.2. The Morgan fingerprint density at radius 3 is 2.09 bits per heavy atom. The summed E-state index contributed by atoms with van der Waals surface area (Å²) in [6.07, 6.45) is 0.608. The summed E-state index contributed by atoms with van der Waals surface area (Å²) in [5, 5.41) is 14.0. The Balaban J connectivity index is 2.22. The SMILES string of the molecule is CC/C(=C(C(=O)NCc1ccccc1)\C(=C(/C)c1ccc(P)cc1)c1ccccc1)C(C)C#N. The van der Waals surface area contributed by atoms with Crippen LogP contribution in [0.15, 0.2) is 96.1 Å². The van der Waals surface area contributed by atoms with Crippen LogP contribution < -0.4 is 10.6 Å². The lowest BCUT2D eigenvalue weighted by Crippen LogP contribution is -2.27. The molecule has 34 heavy (non-hydrogen) atoms. The number of carbonyl (C=O) groups excluding carboxylic acids is 1. The molecule has 0 heterocycles. The number of benzene rings is 3. The minimum atomic E-state index is -0.386. The Labute approximate surface area is 205 Å². The van der Waals surface area contributed by atoms with Gasteiger partial charge in [-0.3, -0.25) is 4.79 Å². The molecule has 0 aromatic heterocycles. The van der Waals surface area contributed by atoms with Gasteiger partial charge in [0.2, 0.25) is 0 Å². The van der Waals surface area contributed by atoms with Crippen LogP contribution in [0.2, 0.25) is 0 Å². The van der Waals surface area contributed by atoms with E-state index < -0.39 is 0 Å². The van der Waals surface area contributed by atoms with Crippen LogP contribution in [0.4, 0.5) is 0 Å². The summed E-state index contributed by atoms with van der Waals surface area (Å²) in [4.78, 5) is 13.8. The third-order valence-corrected chi connectivity index (χ3v) is 6.36. The van der Waals surface area contributed by atoms with E-state index in [2.05, 4.69) is 39.7 Å². The summed E-state index contributed by atoms with van der Waals surface area (Å²) in [6.45, 7) is 6.35. The summed E-state index contributed by atoms with van der Waals surface area (Å²) in [7, 11) is 2.71. The number of hydrogen-bond acceptors (Lipinski definition) is 2. The summed E-state index contributed by atoms with van der Waals surface area (Å²) >= 11 is 0. The Hall–Kier alpha value is -3.47. The van der Waals surface area contributed by atoms with Crippen LogP contribution in [0.1, 0.15) is 43.9 Å². The van der Waals surface area contributed by atoms with Gasteiger partial charge in [0.1, 0.15) is 0 Å². The number of rotatable bonds is 8. The fraction of sp³-hybridized carbons (Fsp3) is 0.200. The molecule has 0 fully saturated rings. The monoisotopic (exact) mass is 466 g/mol. The lowest BCUT2D eigenvalue weighted by molar-refractivity contribution is -0.117. The highest BCUT2D eigenvalue weighted by atomic mass is 31.0. The van der Waals surface area contributed by atoms with E-state index in [1.54, 1.807) is 0 Å². The van der Waals surface area contributed by atoms with Crippen LogP contribution >= 0.6 is 9.24 Å². The number of amides is 1. The summed E-state index contributed by atoms with van der Waals surface area (Å²) in [5.41, 5.74) is 6.31. The minimum absolute atomic E-state index is 0.163. The lowest BCUT2D eigenvalue weighted by atomic mass is 9.83. The van der Waals surface area contributed by atoms with E-state index in [1.807, 2.05) is 86.6 Å². The predicted molar refractivity (Wildman–Crippen MR) is 145 cm³/mol. The molecule has 0 spiro atoms. The fourth-order valence-corrected chi connectivity index (χ4v) is 4.29. The van der Waals surface area contributed by atoms with E-state index >= 15 is 0 Å². The normalized spacial score (nSPS) is 13.3. The van der Waals surface area contributed by atoms with Gasteiger partial charge < -0.3 is 5.32 Å². The van der Waals surface area contributed by atoms with Crippen molar-refractivity contribution in [3.05, 3.63) is 113 Å². The molecule has 3 aromatic carbocycles. The van der Waals surface area contributed by atoms with Crippen molar-refractivity contribution in [1.82, 2.24) is 5.32 Å². The molecule has 0 bridgehead atoms. The molecule has 172 valence electrons. The third kappa shape index (κ3) is 6.10. The highest BCUT2D eigenvalue weighted by Crippen LogP contribution is 2.36. The predicted octanol–water partition coefficient (Wildman–Crippen LogP) is 6.30. The first-order valence-electron chi connectivity index (χ1n) is 11.5. The largest absolute Gasteiger partial charge is 0.348 e. The molecule has 3 aromatic rings. The number of nitrogens with zero attached hydrogens (tertiary/aromatic N) is 1. The van der Waals surface area contributed by atoms with Gasteiger partial charge in [0.25, 0.3) is 5.91 Å².